The lowest BCUT2D eigenvalue weighted by atomic mass is 10.2. The highest BCUT2D eigenvalue weighted by Gasteiger charge is 2.12. The van der Waals surface area contributed by atoms with E-state index in [-0.39, 0.29) is 11.8 Å². The number of pyridine rings is 2. The molecule has 2 N–H and O–H groups in total. The maximum absolute atomic E-state index is 11.7. The number of nitrogens with zero attached hydrogens (tertiary/aromatic N) is 2. The van der Waals surface area contributed by atoms with Gasteiger partial charge >= 0.3 is 6.03 Å². The fraction of sp³-hybridized carbons (Fsp3) is 0.250. The third-order valence-electron chi connectivity index (χ3n) is 2.97. The Morgan fingerprint density at radius 1 is 1.25 bits per heavy atom. The largest absolute Gasteiger partial charge is 0.455 e. The molecule has 0 unspecified atom stereocenters. The Labute approximate surface area is 144 Å². The Hall–Kier alpha value is -2.67. The number of halogens is 1. The fourth-order valence-electron chi connectivity index (χ4n) is 1.70. The van der Waals surface area contributed by atoms with Gasteiger partial charge in [0, 0.05) is 18.2 Å². The molecule has 0 aliphatic carbocycles. The van der Waals surface area contributed by atoms with E-state index < -0.39 is 6.03 Å². The van der Waals surface area contributed by atoms with Crippen molar-refractivity contribution < 1.29 is 14.3 Å². The molecule has 24 heavy (non-hydrogen) atoms. The summed E-state index contributed by atoms with van der Waals surface area (Å²) in [6, 6.07) is 5.86. The molecule has 2 rings (SSSR count). The number of nitrogens with one attached hydrogen (secondary N) is 2. The molecular formula is C16H17ClN4O3. The molecule has 2 heterocycles. The minimum absolute atomic E-state index is 0.284. The summed E-state index contributed by atoms with van der Waals surface area (Å²) < 4.78 is 5.68. The summed E-state index contributed by atoms with van der Waals surface area (Å²) in [5.41, 5.74) is 0.566. The van der Waals surface area contributed by atoms with Crippen molar-refractivity contribution in [2.24, 2.45) is 5.92 Å². The molecule has 0 bridgehead atoms. The lowest BCUT2D eigenvalue weighted by molar-refractivity contribution is -0.122. The SMILES string of the molecule is Cc1nc(NC(=O)NC(=O)C(C)C)ccc1Oc1ccnc(Cl)c1. The summed E-state index contributed by atoms with van der Waals surface area (Å²) in [4.78, 5) is 31.3. The molecule has 0 saturated heterocycles. The number of hydrogen-bond acceptors (Lipinski definition) is 5. The van der Waals surface area contributed by atoms with E-state index in [4.69, 9.17) is 16.3 Å². The number of ether oxygens (including phenoxy) is 1. The van der Waals surface area contributed by atoms with Crippen LogP contribution in [0.2, 0.25) is 5.15 Å². The highest BCUT2D eigenvalue weighted by Crippen LogP contribution is 2.26. The van der Waals surface area contributed by atoms with Gasteiger partial charge in [0.05, 0.1) is 5.69 Å². The van der Waals surface area contributed by atoms with Crippen LogP contribution in [0.4, 0.5) is 10.6 Å². The van der Waals surface area contributed by atoms with Crippen LogP contribution in [0.15, 0.2) is 30.5 Å². The first-order valence-corrected chi connectivity index (χ1v) is 7.62. The molecule has 0 atom stereocenters. The van der Waals surface area contributed by atoms with Crippen LogP contribution in [0, 0.1) is 12.8 Å². The second-order valence-corrected chi connectivity index (χ2v) is 5.68. The molecule has 0 saturated carbocycles. The topological polar surface area (TPSA) is 93.2 Å². The van der Waals surface area contributed by atoms with Crippen molar-refractivity contribution >= 4 is 29.4 Å². The Balaban J connectivity index is 2.04. The second kappa shape index (κ2) is 7.74. The van der Waals surface area contributed by atoms with Crippen LogP contribution in [0.3, 0.4) is 0 Å². The molecule has 8 heteroatoms. The lowest BCUT2D eigenvalue weighted by Gasteiger charge is -2.11. The molecule has 0 fully saturated rings. The second-order valence-electron chi connectivity index (χ2n) is 5.29. The summed E-state index contributed by atoms with van der Waals surface area (Å²) in [6.07, 6.45) is 1.53. The zero-order valence-electron chi connectivity index (χ0n) is 13.5. The predicted molar refractivity (Wildman–Crippen MR) is 90.3 cm³/mol. The highest BCUT2D eigenvalue weighted by atomic mass is 35.5. The van der Waals surface area contributed by atoms with Gasteiger partial charge in [-0.05, 0) is 25.1 Å². The van der Waals surface area contributed by atoms with E-state index >= 15 is 0 Å². The normalized spacial score (nSPS) is 10.4. The van der Waals surface area contributed by atoms with Crippen LogP contribution in [0.25, 0.3) is 0 Å². The fourth-order valence-corrected chi connectivity index (χ4v) is 1.87. The van der Waals surface area contributed by atoms with Gasteiger partial charge in [-0.2, -0.15) is 0 Å². The number of amides is 3. The first-order chi connectivity index (χ1) is 11.3. The van der Waals surface area contributed by atoms with Crippen LogP contribution in [-0.2, 0) is 4.79 Å². The van der Waals surface area contributed by atoms with Gasteiger partial charge in [-0.3, -0.25) is 15.4 Å². The van der Waals surface area contributed by atoms with Crippen LogP contribution >= 0.6 is 11.6 Å². The van der Waals surface area contributed by atoms with Gasteiger partial charge in [0.1, 0.15) is 22.5 Å². The smallest absolute Gasteiger partial charge is 0.327 e. The molecule has 0 spiro atoms. The van der Waals surface area contributed by atoms with Crippen LogP contribution in [0.1, 0.15) is 19.5 Å². The molecule has 2 aromatic rings. The maximum Gasteiger partial charge on any atom is 0.327 e. The number of rotatable bonds is 4. The number of aromatic nitrogens is 2. The van der Waals surface area contributed by atoms with Gasteiger partial charge in [0.25, 0.3) is 0 Å². The Morgan fingerprint density at radius 3 is 2.62 bits per heavy atom. The van der Waals surface area contributed by atoms with Gasteiger partial charge in [-0.1, -0.05) is 25.4 Å². The zero-order valence-corrected chi connectivity index (χ0v) is 14.2. The number of carbonyl (C=O) groups is 2. The summed E-state index contributed by atoms with van der Waals surface area (Å²) in [6.45, 7) is 5.13. The summed E-state index contributed by atoms with van der Waals surface area (Å²) in [5.74, 6) is 0.705. The van der Waals surface area contributed by atoms with Gasteiger partial charge in [0.2, 0.25) is 5.91 Å². The van der Waals surface area contributed by atoms with Crippen LogP contribution < -0.4 is 15.4 Å². The molecule has 126 valence electrons. The van der Waals surface area contributed by atoms with E-state index in [0.29, 0.717) is 28.2 Å². The van der Waals surface area contributed by atoms with Gasteiger partial charge in [-0.15, -0.1) is 0 Å². The number of carbonyl (C=O) groups excluding carboxylic acids is 2. The first-order valence-electron chi connectivity index (χ1n) is 7.24. The van der Waals surface area contributed by atoms with Crippen molar-refractivity contribution in [2.75, 3.05) is 5.32 Å². The summed E-state index contributed by atoms with van der Waals surface area (Å²) in [5, 5.41) is 5.05. The zero-order chi connectivity index (χ0) is 17.7. The van der Waals surface area contributed by atoms with Gasteiger partial charge in [-0.25, -0.2) is 14.8 Å². The summed E-state index contributed by atoms with van der Waals surface area (Å²) >= 11 is 5.81. The van der Waals surface area contributed by atoms with Crippen molar-refractivity contribution in [1.82, 2.24) is 15.3 Å². The summed E-state index contributed by atoms with van der Waals surface area (Å²) in [7, 11) is 0. The Kier molecular flexibility index (Phi) is 5.70. The predicted octanol–water partition coefficient (Wildman–Crippen LogP) is 3.53. The van der Waals surface area contributed by atoms with Crippen molar-refractivity contribution in [3.05, 3.63) is 41.3 Å². The number of imide groups is 1. The quantitative estimate of drug-likeness (QED) is 0.824. The van der Waals surface area contributed by atoms with Crippen LogP contribution in [0.5, 0.6) is 11.5 Å². The average molecular weight is 349 g/mol. The number of urea groups is 1. The average Bonchev–Trinajstić information content (AvgIpc) is 2.50. The minimum Gasteiger partial charge on any atom is -0.455 e. The molecule has 0 aliphatic rings. The van der Waals surface area contributed by atoms with Gasteiger partial charge < -0.3 is 4.74 Å². The molecule has 7 nitrogen and oxygen atoms in total. The lowest BCUT2D eigenvalue weighted by Crippen LogP contribution is -2.37. The standard InChI is InChI=1S/C16H17ClN4O3/c1-9(2)15(22)21-16(23)20-14-5-4-12(10(3)19-14)24-11-6-7-18-13(17)8-11/h4-9H,1-3H3,(H2,19,20,21,22,23). The number of hydrogen-bond donors (Lipinski definition) is 2. The molecule has 2 aromatic heterocycles. The Morgan fingerprint density at radius 2 is 2.00 bits per heavy atom. The molecule has 0 aliphatic heterocycles. The van der Waals surface area contributed by atoms with Crippen molar-refractivity contribution in [3.63, 3.8) is 0 Å². The third kappa shape index (κ3) is 4.92. The van der Waals surface area contributed by atoms with E-state index in [1.807, 2.05) is 0 Å². The number of aryl methyl sites for hydroxylation is 1. The number of anilines is 1. The monoisotopic (exact) mass is 348 g/mol. The van der Waals surface area contributed by atoms with E-state index in [1.54, 1.807) is 45.0 Å². The van der Waals surface area contributed by atoms with E-state index in [2.05, 4.69) is 20.6 Å². The molecular weight excluding hydrogens is 332 g/mol. The third-order valence-corrected chi connectivity index (χ3v) is 3.17. The highest BCUT2D eigenvalue weighted by molar-refractivity contribution is 6.29. The minimum atomic E-state index is -0.629. The van der Waals surface area contributed by atoms with Crippen molar-refractivity contribution in [2.45, 2.75) is 20.8 Å². The molecule has 3 amide bonds. The van der Waals surface area contributed by atoms with Crippen molar-refractivity contribution in [3.8, 4) is 11.5 Å². The molecule has 0 radical (unpaired) electrons. The van der Waals surface area contributed by atoms with E-state index in [1.165, 1.54) is 6.20 Å². The van der Waals surface area contributed by atoms with Crippen molar-refractivity contribution in [1.29, 1.82) is 0 Å². The van der Waals surface area contributed by atoms with E-state index in [9.17, 15) is 9.59 Å². The maximum atomic E-state index is 11.7. The van der Waals surface area contributed by atoms with E-state index in [0.717, 1.165) is 0 Å². The Bertz CT molecular complexity index is 765. The molecule has 0 aromatic carbocycles. The first kappa shape index (κ1) is 17.7. The van der Waals surface area contributed by atoms with Crippen LogP contribution in [-0.4, -0.2) is 21.9 Å². The van der Waals surface area contributed by atoms with Gasteiger partial charge in [0.15, 0.2) is 0 Å².